The molecule has 140 valence electrons. The van der Waals surface area contributed by atoms with Crippen LogP contribution in [0.25, 0.3) is 11.0 Å². The molecule has 0 radical (unpaired) electrons. The molecular weight excluding hydrogens is 355 g/mol. The van der Waals surface area contributed by atoms with E-state index in [4.69, 9.17) is 19.6 Å². The summed E-state index contributed by atoms with van der Waals surface area (Å²) in [5.41, 5.74) is 6.43. The Morgan fingerprint density at radius 3 is 2.41 bits per heavy atom. The zero-order chi connectivity index (χ0) is 19.7. The van der Waals surface area contributed by atoms with E-state index in [1.807, 2.05) is 0 Å². The molecule has 0 fully saturated rings. The lowest BCUT2D eigenvalue weighted by molar-refractivity contribution is 0.0998. The molecule has 3 N–H and O–H groups in total. The molecule has 0 aliphatic rings. The first kappa shape index (κ1) is 18.2. The van der Waals surface area contributed by atoms with Crippen LogP contribution in [-0.2, 0) is 0 Å². The molecule has 0 saturated carbocycles. The van der Waals surface area contributed by atoms with Crippen LogP contribution in [0.15, 0.2) is 34.7 Å². The highest BCUT2D eigenvalue weighted by Gasteiger charge is 2.22. The van der Waals surface area contributed by atoms with Crippen LogP contribution in [-0.4, -0.2) is 26.0 Å². The summed E-state index contributed by atoms with van der Waals surface area (Å²) in [5.74, 6) is -1.20. The number of anilines is 1. The van der Waals surface area contributed by atoms with Crippen LogP contribution in [0.2, 0.25) is 0 Å². The van der Waals surface area contributed by atoms with Gasteiger partial charge in [0, 0.05) is 17.0 Å². The Balaban J connectivity index is 2.03. The molecule has 0 spiro atoms. The molecule has 1 heterocycles. The quantitative estimate of drug-likeness (QED) is 0.715. The number of aryl methyl sites for hydroxylation is 1. The maximum atomic E-state index is 13.5. The van der Waals surface area contributed by atoms with Gasteiger partial charge >= 0.3 is 0 Å². The van der Waals surface area contributed by atoms with Crippen LogP contribution in [0.1, 0.15) is 26.5 Å². The lowest BCUT2D eigenvalue weighted by Gasteiger charge is -2.13. The van der Waals surface area contributed by atoms with Crippen molar-refractivity contribution < 1.29 is 27.9 Å². The maximum Gasteiger partial charge on any atom is 0.291 e. The zero-order valence-electron chi connectivity index (χ0n) is 14.9. The third-order valence-corrected chi connectivity index (χ3v) is 4.14. The highest BCUT2D eigenvalue weighted by atomic mass is 19.1. The number of halogens is 1. The molecule has 7 nitrogen and oxygen atoms in total. The predicted octanol–water partition coefficient (Wildman–Crippen LogP) is 3.25. The molecule has 0 saturated heterocycles. The minimum absolute atomic E-state index is 0.000746. The first-order chi connectivity index (χ1) is 12.8. The van der Waals surface area contributed by atoms with Crippen molar-refractivity contribution in [3.8, 4) is 11.5 Å². The van der Waals surface area contributed by atoms with Crippen molar-refractivity contribution in [2.24, 2.45) is 5.73 Å². The van der Waals surface area contributed by atoms with Crippen molar-refractivity contribution in [3.63, 3.8) is 0 Å². The van der Waals surface area contributed by atoms with Crippen LogP contribution in [0, 0.1) is 12.7 Å². The molecule has 3 rings (SSSR count). The van der Waals surface area contributed by atoms with Gasteiger partial charge in [-0.25, -0.2) is 4.39 Å². The summed E-state index contributed by atoms with van der Waals surface area (Å²) >= 11 is 0. The molecular formula is C19H17FN2O5. The summed E-state index contributed by atoms with van der Waals surface area (Å²) in [5, 5.41) is 3.08. The third-order valence-electron chi connectivity index (χ3n) is 4.14. The van der Waals surface area contributed by atoms with Crippen LogP contribution in [0.5, 0.6) is 11.5 Å². The molecule has 27 heavy (non-hydrogen) atoms. The molecule has 8 heteroatoms. The summed E-state index contributed by atoms with van der Waals surface area (Å²) in [4.78, 5) is 24.5. The smallest absolute Gasteiger partial charge is 0.291 e. The Labute approximate surface area is 153 Å². The average Bonchev–Trinajstić information content (AvgIpc) is 2.97. The van der Waals surface area contributed by atoms with Gasteiger partial charge in [-0.05, 0) is 31.2 Å². The number of furan rings is 1. The maximum absolute atomic E-state index is 13.5. The number of hydrogen-bond donors (Lipinski definition) is 2. The average molecular weight is 372 g/mol. The van der Waals surface area contributed by atoms with Gasteiger partial charge in [-0.15, -0.1) is 0 Å². The molecule has 0 aliphatic carbocycles. The predicted molar refractivity (Wildman–Crippen MR) is 96.9 cm³/mol. The Bertz CT molecular complexity index is 1060. The molecule has 0 bridgehead atoms. The van der Waals surface area contributed by atoms with Crippen LogP contribution < -0.4 is 20.5 Å². The largest absolute Gasteiger partial charge is 0.493 e. The number of rotatable bonds is 5. The third kappa shape index (κ3) is 3.29. The van der Waals surface area contributed by atoms with E-state index in [0.717, 1.165) is 0 Å². The molecule has 0 aliphatic heterocycles. The van der Waals surface area contributed by atoms with E-state index < -0.39 is 17.6 Å². The number of primary amides is 1. The second-order valence-corrected chi connectivity index (χ2v) is 5.77. The SMILES string of the molecule is COc1cc(NC(=O)c2oc3ccc(F)cc3c2C)c(C(N)=O)cc1OC. The molecule has 0 atom stereocenters. The first-order valence-corrected chi connectivity index (χ1v) is 7.91. The fourth-order valence-electron chi connectivity index (χ4n) is 2.78. The second kappa shape index (κ2) is 6.99. The van der Waals surface area contributed by atoms with Crippen LogP contribution in [0.4, 0.5) is 10.1 Å². The highest BCUT2D eigenvalue weighted by molar-refractivity contribution is 6.10. The number of amides is 2. The standard InChI is InChI=1S/C19H17FN2O5/c1-9-11-6-10(20)4-5-14(11)27-17(9)19(24)22-13-8-16(26-3)15(25-2)7-12(13)18(21)23/h4-8H,1-3H3,(H2,21,23)(H,22,24). The van der Waals surface area contributed by atoms with Gasteiger partial charge in [-0.2, -0.15) is 0 Å². The van der Waals surface area contributed by atoms with E-state index in [-0.39, 0.29) is 17.0 Å². The number of hydrogen-bond acceptors (Lipinski definition) is 5. The molecule has 2 aromatic carbocycles. The van der Waals surface area contributed by atoms with Gasteiger partial charge < -0.3 is 24.9 Å². The van der Waals surface area contributed by atoms with Gasteiger partial charge in [0.2, 0.25) is 0 Å². The first-order valence-electron chi connectivity index (χ1n) is 7.91. The highest BCUT2D eigenvalue weighted by Crippen LogP contribution is 2.34. The minimum Gasteiger partial charge on any atom is -0.493 e. The van der Waals surface area contributed by atoms with Gasteiger partial charge in [-0.3, -0.25) is 9.59 Å². The van der Waals surface area contributed by atoms with E-state index in [2.05, 4.69) is 5.32 Å². The normalized spacial score (nSPS) is 10.7. The van der Waals surface area contributed by atoms with Crippen molar-refractivity contribution in [2.45, 2.75) is 6.92 Å². The number of ether oxygens (including phenoxy) is 2. The number of carbonyl (C=O) groups excluding carboxylic acids is 2. The van der Waals surface area contributed by atoms with Crippen molar-refractivity contribution in [1.82, 2.24) is 0 Å². The van der Waals surface area contributed by atoms with Gasteiger partial charge in [0.25, 0.3) is 11.8 Å². The molecule has 0 unspecified atom stereocenters. The summed E-state index contributed by atoms with van der Waals surface area (Å²) in [6, 6.07) is 6.77. The summed E-state index contributed by atoms with van der Waals surface area (Å²) in [6.45, 7) is 1.64. The van der Waals surface area contributed by atoms with Crippen molar-refractivity contribution in [3.05, 3.63) is 53.0 Å². The summed E-state index contributed by atoms with van der Waals surface area (Å²) in [7, 11) is 2.84. The Kier molecular flexibility index (Phi) is 4.72. The Morgan fingerprint density at radius 2 is 1.78 bits per heavy atom. The lowest BCUT2D eigenvalue weighted by Crippen LogP contribution is -2.19. The van der Waals surface area contributed by atoms with Gasteiger partial charge in [0.05, 0.1) is 25.5 Å². The fraction of sp³-hybridized carbons (Fsp3) is 0.158. The van der Waals surface area contributed by atoms with E-state index in [9.17, 15) is 14.0 Å². The van der Waals surface area contributed by atoms with Crippen LogP contribution in [0.3, 0.4) is 0 Å². The van der Waals surface area contributed by atoms with Crippen LogP contribution >= 0.6 is 0 Å². The number of carbonyl (C=O) groups is 2. The number of fused-ring (bicyclic) bond motifs is 1. The summed E-state index contributed by atoms with van der Waals surface area (Å²) < 4.78 is 29.3. The summed E-state index contributed by atoms with van der Waals surface area (Å²) in [6.07, 6.45) is 0. The molecule has 3 aromatic rings. The van der Waals surface area contributed by atoms with Gasteiger partial charge in [0.15, 0.2) is 17.3 Å². The van der Waals surface area contributed by atoms with E-state index >= 15 is 0 Å². The van der Waals surface area contributed by atoms with Crippen molar-refractivity contribution in [1.29, 1.82) is 0 Å². The Hall–Kier alpha value is -3.55. The Morgan fingerprint density at radius 1 is 1.11 bits per heavy atom. The lowest BCUT2D eigenvalue weighted by atomic mass is 10.1. The number of nitrogens with two attached hydrogens (primary N) is 1. The number of benzene rings is 2. The van der Waals surface area contributed by atoms with Crippen molar-refractivity contribution >= 4 is 28.5 Å². The topological polar surface area (TPSA) is 104 Å². The minimum atomic E-state index is -0.755. The number of nitrogens with one attached hydrogen (secondary N) is 1. The number of methoxy groups -OCH3 is 2. The monoisotopic (exact) mass is 372 g/mol. The molecule has 2 amide bonds. The van der Waals surface area contributed by atoms with E-state index in [0.29, 0.717) is 28.0 Å². The fourth-order valence-corrected chi connectivity index (χ4v) is 2.78. The van der Waals surface area contributed by atoms with E-state index in [1.165, 1.54) is 44.6 Å². The second-order valence-electron chi connectivity index (χ2n) is 5.77. The van der Waals surface area contributed by atoms with Crippen molar-refractivity contribution in [2.75, 3.05) is 19.5 Å². The van der Waals surface area contributed by atoms with Gasteiger partial charge in [0.1, 0.15) is 11.4 Å². The van der Waals surface area contributed by atoms with Gasteiger partial charge in [-0.1, -0.05) is 0 Å². The molecule has 1 aromatic heterocycles. The van der Waals surface area contributed by atoms with E-state index in [1.54, 1.807) is 6.92 Å². The zero-order valence-corrected chi connectivity index (χ0v) is 14.9.